The first kappa shape index (κ1) is 8.46. The molecule has 0 aliphatic rings. The highest BCUT2D eigenvalue weighted by Crippen LogP contribution is 2.03. The summed E-state index contributed by atoms with van der Waals surface area (Å²) < 4.78 is 0. The molecule has 0 radical (unpaired) electrons. The van der Waals surface area contributed by atoms with Crippen molar-refractivity contribution < 1.29 is 4.79 Å². The first-order chi connectivity index (χ1) is 5.77. The summed E-state index contributed by atoms with van der Waals surface area (Å²) in [5, 5.41) is 3.54. The Hall–Kier alpha value is -1.64. The van der Waals surface area contributed by atoms with Crippen molar-refractivity contribution >= 4 is 12.0 Å². The Morgan fingerprint density at radius 2 is 2.00 bits per heavy atom. The van der Waals surface area contributed by atoms with Crippen LogP contribution in [0.25, 0.3) is 0 Å². The van der Waals surface area contributed by atoms with Crippen LogP contribution in [0.5, 0.6) is 0 Å². The van der Waals surface area contributed by atoms with E-state index in [1.165, 1.54) is 0 Å². The van der Waals surface area contributed by atoms with Crippen LogP contribution in [-0.2, 0) is 0 Å². The predicted octanol–water partition coefficient (Wildman–Crippen LogP) is 1.18. The molecule has 3 heteroatoms. The maximum Gasteiger partial charge on any atom is 0.150 e. The van der Waals surface area contributed by atoms with E-state index in [9.17, 15) is 4.79 Å². The molecule has 0 aliphatic carbocycles. The van der Waals surface area contributed by atoms with Gasteiger partial charge in [0, 0.05) is 5.56 Å². The number of hydrogen-bond acceptors (Lipinski definition) is 3. The SMILES string of the molecule is C/C(=N\N)c1ccc(C=O)cc1. The average Bonchev–Trinajstić information content (AvgIpc) is 2.17. The lowest BCUT2D eigenvalue weighted by molar-refractivity contribution is 0.112. The quantitative estimate of drug-likeness (QED) is 0.307. The number of nitrogens with zero attached hydrogens (tertiary/aromatic N) is 1. The number of nitrogens with two attached hydrogens (primary N) is 1. The zero-order chi connectivity index (χ0) is 8.97. The zero-order valence-electron chi connectivity index (χ0n) is 6.82. The van der Waals surface area contributed by atoms with E-state index in [0.29, 0.717) is 5.56 Å². The minimum atomic E-state index is 0.656. The number of hydrazone groups is 1. The van der Waals surface area contributed by atoms with Gasteiger partial charge >= 0.3 is 0 Å². The van der Waals surface area contributed by atoms with Crippen LogP contribution in [0, 0.1) is 0 Å². The zero-order valence-corrected chi connectivity index (χ0v) is 6.82. The number of benzene rings is 1. The van der Waals surface area contributed by atoms with Crippen LogP contribution in [-0.4, -0.2) is 12.0 Å². The first-order valence-corrected chi connectivity index (χ1v) is 3.58. The van der Waals surface area contributed by atoms with Crippen LogP contribution >= 0.6 is 0 Å². The maximum atomic E-state index is 10.3. The van der Waals surface area contributed by atoms with Crippen molar-refractivity contribution in [3.8, 4) is 0 Å². The Balaban J connectivity index is 2.99. The number of aldehydes is 1. The highest BCUT2D eigenvalue weighted by molar-refractivity contribution is 5.98. The summed E-state index contributed by atoms with van der Waals surface area (Å²) in [7, 11) is 0. The van der Waals surface area contributed by atoms with Crippen LogP contribution in [0.3, 0.4) is 0 Å². The summed E-state index contributed by atoms with van der Waals surface area (Å²) in [6.45, 7) is 1.82. The van der Waals surface area contributed by atoms with Crippen LogP contribution in [0.4, 0.5) is 0 Å². The molecule has 0 aromatic heterocycles. The van der Waals surface area contributed by atoms with Crippen molar-refractivity contribution in [2.24, 2.45) is 10.9 Å². The van der Waals surface area contributed by atoms with Gasteiger partial charge in [-0.05, 0) is 12.5 Å². The molecule has 0 spiro atoms. The van der Waals surface area contributed by atoms with E-state index in [-0.39, 0.29) is 0 Å². The summed E-state index contributed by atoms with van der Waals surface area (Å²) in [5.74, 6) is 5.09. The summed E-state index contributed by atoms with van der Waals surface area (Å²) in [6.07, 6.45) is 0.804. The molecule has 3 nitrogen and oxygen atoms in total. The smallest absolute Gasteiger partial charge is 0.150 e. The van der Waals surface area contributed by atoms with E-state index >= 15 is 0 Å². The molecule has 0 aliphatic heterocycles. The van der Waals surface area contributed by atoms with E-state index in [4.69, 9.17) is 5.84 Å². The molecule has 2 N–H and O–H groups in total. The minimum absolute atomic E-state index is 0.656. The highest BCUT2D eigenvalue weighted by atomic mass is 16.1. The molecule has 0 amide bonds. The molecule has 0 heterocycles. The van der Waals surface area contributed by atoms with Gasteiger partial charge in [0.15, 0.2) is 0 Å². The van der Waals surface area contributed by atoms with E-state index < -0.39 is 0 Å². The van der Waals surface area contributed by atoms with E-state index in [1.807, 2.05) is 19.1 Å². The lowest BCUT2D eigenvalue weighted by atomic mass is 10.1. The molecule has 62 valence electrons. The summed E-state index contributed by atoms with van der Waals surface area (Å²) in [5.41, 5.74) is 2.35. The summed E-state index contributed by atoms with van der Waals surface area (Å²) in [4.78, 5) is 10.3. The molecule has 0 unspecified atom stereocenters. The second-order valence-corrected chi connectivity index (χ2v) is 2.45. The van der Waals surface area contributed by atoms with Crippen molar-refractivity contribution in [1.29, 1.82) is 0 Å². The fraction of sp³-hybridized carbons (Fsp3) is 0.111. The first-order valence-electron chi connectivity index (χ1n) is 3.58. The van der Waals surface area contributed by atoms with Gasteiger partial charge in [0.2, 0.25) is 0 Å². The standard InChI is InChI=1S/C9H10N2O/c1-7(11-10)9-4-2-8(6-12)3-5-9/h2-6H,10H2,1H3/b11-7+. The van der Waals surface area contributed by atoms with Crippen LogP contribution in [0.2, 0.25) is 0 Å². The van der Waals surface area contributed by atoms with E-state index in [0.717, 1.165) is 17.6 Å². The van der Waals surface area contributed by atoms with Gasteiger partial charge < -0.3 is 5.84 Å². The summed E-state index contributed by atoms with van der Waals surface area (Å²) >= 11 is 0. The number of carbonyl (C=O) groups excluding carboxylic acids is 1. The summed E-state index contributed by atoms with van der Waals surface area (Å²) in [6, 6.07) is 7.10. The van der Waals surface area contributed by atoms with Gasteiger partial charge in [-0.1, -0.05) is 24.3 Å². The third-order valence-electron chi connectivity index (χ3n) is 1.66. The molecule has 12 heavy (non-hydrogen) atoms. The van der Waals surface area contributed by atoms with Gasteiger partial charge in [-0.3, -0.25) is 4.79 Å². The van der Waals surface area contributed by atoms with Crippen LogP contribution in [0.1, 0.15) is 22.8 Å². The Labute approximate surface area is 70.9 Å². The molecule has 0 saturated carbocycles. The van der Waals surface area contributed by atoms with Crippen molar-refractivity contribution in [1.82, 2.24) is 0 Å². The number of carbonyl (C=O) groups is 1. The Bertz CT molecular complexity index is 301. The highest BCUT2D eigenvalue weighted by Gasteiger charge is 1.95. The lowest BCUT2D eigenvalue weighted by Gasteiger charge is -1.97. The third-order valence-corrected chi connectivity index (χ3v) is 1.66. The molecule has 0 fully saturated rings. The van der Waals surface area contributed by atoms with Crippen LogP contribution < -0.4 is 5.84 Å². The fourth-order valence-electron chi connectivity index (χ4n) is 0.877. The number of rotatable bonds is 2. The minimum Gasteiger partial charge on any atom is -0.323 e. The molecular formula is C9H10N2O. The van der Waals surface area contributed by atoms with Crippen molar-refractivity contribution in [2.45, 2.75) is 6.92 Å². The Kier molecular flexibility index (Phi) is 2.58. The van der Waals surface area contributed by atoms with E-state index in [2.05, 4.69) is 5.10 Å². The van der Waals surface area contributed by atoms with Crippen molar-refractivity contribution in [2.75, 3.05) is 0 Å². The normalized spacial score (nSPS) is 11.2. The number of hydrogen-bond donors (Lipinski definition) is 1. The van der Waals surface area contributed by atoms with E-state index in [1.54, 1.807) is 12.1 Å². The fourth-order valence-corrected chi connectivity index (χ4v) is 0.877. The van der Waals surface area contributed by atoms with Crippen molar-refractivity contribution in [3.05, 3.63) is 35.4 Å². The van der Waals surface area contributed by atoms with Gasteiger partial charge in [-0.15, -0.1) is 0 Å². The van der Waals surface area contributed by atoms with Gasteiger partial charge in [0.25, 0.3) is 0 Å². The maximum absolute atomic E-state index is 10.3. The van der Waals surface area contributed by atoms with Crippen molar-refractivity contribution in [3.63, 3.8) is 0 Å². The lowest BCUT2D eigenvalue weighted by Crippen LogP contribution is -1.98. The van der Waals surface area contributed by atoms with Gasteiger partial charge in [-0.25, -0.2) is 0 Å². The molecule has 0 atom stereocenters. The molecule has 0 bridgehead atoms. The van der Waals surface area contributed by atoms with Gasteiger partial charge in [0.1, 0.15) is 6.29 Å². The molecule has 1 aromatic carbocycles. The second-order valence-electron chi connectivity index (χ2n) is 2.45. The van der Waals surface area contributed by atoms with Gasteiger partial charge in [-0.2, -0.15) is 5.10 Å². The molecule has 0 saturated heterocycles. The second kappa shape index (κ2) is 3.67. The average molecular weight is 162 g/mol. The topological polar surface area (TPSA) is 55.4 Å². The molecular weight excluding hydrogens is 152 g/mol. The monoisotopic (exact) mass is 162 g/mol. The Morgan fingerprint density at radius 1 is 1.42 bits per heavy atom. The van der Waals surface area contributed by atoms with Crippen LogP contribution in [0.15, 0.2) is 29.4 Å². The molecule has 1 aromatic rings. The largest absolute Gasteiger partial charge is 0.323 e. The third kappa shape index (κ3) is 1.69. The predicted molar refractivity (Wildman–Crippen MR) is 48.2 cm³/mol. The molecule has 1 rings (SSSR count). The van der Waals surface area contributed by atoms with Gasteiger partial charge in [0.05, 0.1) is 5.71 Å². The Morgan fingerprint density at radius 3 is 2.42 bits per heavy atom.